The summed E-state index contributed by atoms with van der Waals surface area (Å²) >= 11 is 12.5. The molecule has 25 heavy (non-hydrogen) atoms. The van der Waals surface area contributed by atoms with Crippen molar-refractivity contribution in [1.29, 1.82) is 0 Å². The quantitative estimate of drug-likeness (QED) is 0.532. The number of halogens is 2. The van der Waals surface area contributed by atoms with Gasteiger partial charge in [-0.05, 0) is 36.8 Å². The zero-order valence-electron chi connectivity index (χ0n) is 13.7. The Labute approximate surface area is 154 Å². The van der Waals surface area contributed by atoms with Gasteiger partial charge in [0, 0.05) is 28.9 Å². The van der Waals surface area contributed by atoms with Crippen molar-refractivity contribution in [1.82, 2.24) is 24.3 Å². The number of hydrogen-bond donors (Lipinski definition) is 0. The Morgan fingerprint density at radius 2 is 1.96 bits per heavy atom. The minimum Gasteiger partial charge on any atom is -0.324 e. The molecule has 126 valence electrons. The predicted molar refractivity (Wildman–Crippen MR) is 100 cm³/mol. The van der Waals surface area contributed by atoms with Gasteiger partial charge in [0.05, 0.1) is 30.1 Å². The molecule has 3 aromatic heterocycles. The van der Waals surface area contributed by atoms with Crippen molar-refractivity contribution in [2.24, 2.45) is 7.05 Å². The first-order chi connectivity index (χ1) is 12.0. The number of aromatic nitrogens is 5. The number of aryl methyl sites for hydroxylation is 2. The molecule has 0 atom stereocenters. The molecular formula is C18H15Cl2N5. The largest absolute Gasteiger partial charge is 0.324 e. The normalized spacial score (nSPS) is 11.4. The molecule has 4 aromatic rings. The summed E-state index contributed by atoms with van der Waals surface area (Å²) in [4.78, 5) is 9.11. The fourth-order valence-corrected chi connectivity index (χ4v) is 3.27. The Hall–Kier alpha value is -2.37. The Balaban J connectivity index is 1.82. The van der Waals surface area contributed by atoms with E-state index in [9.17, 15) is 0 Å². The Morgan fingerprint density at radius 3 is 2.72 bits per heavy atom. The van der Waals surface area contributed by atoms with Crippen LogP contribution in [0.5, 0.6) is 0 Å². The van der Waals surface area contributed by atoms with Crippen molar-refractivity contribution < 1.29 is 0 Å². The van der Waals surface area contributed by atoms with Crippen LogP contribution in [0.15, 0.2) is 42.9 Å². The zero-order valence-corrected chi connectivity index (χ0v) is 15.3. The van der Waals surface area contributed by atoms with Crippen LogP contribution < -0.4 is 0 Å². The smallest absolute Gasteiger partial charge is 0.107 e. The molecule has 0 fully saturated rings. The molecule has 4 rings (SSSR count). The molecule has 0 radical (unpaired) electrons. The maximum absolute atomic E-state index is 6.33. The van der Waals surface area contributed by atoms with Crippen molar-refractivity contribution in [2.75, 3.05) is 0 Å². The third kappa shape index (κ3) is 3.01. The van der Waals surface area contributed by atoms with Gasteiger partial charge in [-0.2, -0.15) is 5.10 Å². The molecule has 0 aliphatic rings. The van der Waals surface area contributed by atoms with Gasteiger partial charge in [-0.25, -0.2) is 4.98 Å². The van der Waals surface area contributed by atoms with E-state index in [-0.39, 0.29) is 0 Å². The molecule has 0 aliphatic carbocycles. The lowest BCUT2D eigenvalue weighted by Crippen LogP contribution is -2.03. The highest BCUT2D eigenvalue weighted by atomic mass is 35.5. The fourth-order valence-electron chi connectivity index (χ4n) is 2.89. The van der Waals surface area contributed by atoms with Gasteiger partial charge in [0.25, 0.3) is 0 Å². The Kier molecular flexibility index (Phi) is 3.98. The highest BCUT2D eigenvalue weighted by molar-refractivity contribution is 6.33. The Bertz CT molecular complexity index is 1080. The molecule has 7 heteroatoms. The summed E-state index contributed by atoms with van der Waals surface area (Å²) in [6.45, 7) is 2.57. The summed E-state index contributed by atoms with van der Waals surface area (Å²) in [5.41, 5.74) is 4.64. The topological polar surface area (TPSA) is 48.5 Å². The fraction of sp³-hybridized carbons (Fsp3) is 0.167. The summed E-state index contributed by atoms with van der Waals surface area (Å²) in [6, 6.07) is 7.52. The SMILES string of the molecule is Cc1nc2cnc(-c3cnn(C)c3)cc2n1Cc1cc(Cl)ccc1Cl. The molecule has 3 heterocycles. The van der Waals surface area contributed by atoms with E-state index in [0.717, 1.165) is 33.7 Å². The molecule has 0 aliphatic heterocycles. The van der Waals surface area contributed by atoms with Gasteiger partial charge in [0.15, 0.2) is 0 Å². The van der Waals surface area contributed by atoms with Gasteiger partial charge >= 0.3 is 0 Å². The van der Waals surface area contributed by atoms with E-state index in [1.54, 1.807) is 23.1 Å². The molecule has 0 saturated heterocycles. The van der Waals surface area contributed by atoms with Gasteiger partial charge < -0.3 is 4.57 Å². The lowest BCUT2D eigenvalue weighted by atomic mass is 10.2. The van der Waals surface area contributed by atoms with Crippen molar-refractivity contribution in [3.63, 3.8) is 0 Å². The highest BCUT2D eigenvalue weighted by Crippen LogP contribution is 2.26. The van der Waals surface area contributed by atoms with Crippen LogP contribution in [0.4, 0.5) is 0 Å². The van der Waals surface area contributed by atoms with E-state index in [1.807, 2.05) is 38.4 Å². The van der Waals surface area contributed by atoms with Crippen LogP contribution in [-0.2, 0) is 13.6 Å². The lowest BCUT2D eigenvalue weighted by molar-refractivity contribution is 0.768. The highest BCUT2D eigenvalue weighted by Gasteiger charge is 2.12. The average molecular weight is 372 g/mol. The molecule has 5 nitrogen and oxygen atoms in total. The van der Waals surface area contributed by atoms with Crippen LogP contribution in [-0.4, -0.2) is 24.3 Å². The molecule has 0 unspecified atom stereocenters. The molecule has 1 aromatic carbocycles. The number of hydrogen-bond acceptors (Lipinski definition) is 3. The molecule has 0 amide bonds. The predicted octanol–water partition coefficient (Wildman–Crippen LogP) is 4.50. The summed E-state index contributed by atoms with van der Waals surface area (Å²) in [5, 5.41) is 5.57. The molecule has 0 spiro atoms. The number of imidazole rings is 1. The molecule has 0 N–H and O–H groups in total. The van der Waals surface area contributed by atoms with Gasteiger partial charge in [0.2, 0.25) is 0 Å². The number of pyridine rings is 1. The number of rotatable bonds is 3. The Morgan fingerprint density at radius 1 is 1.12 bits per heavy atom. The van der Waals surface area contributed by atoms with Crippen LogP contribution in [0.2, 0.25) is 10.0 Å². The number of benzene rings is 1. The maximum Gasteiger partial charge on any atom is 0.107 e. The van der Waals surface area contributed by atoms with E-state index in [2.05, 4.69) is 19.6 Å². The van der Waals surface area contributed by atoms with Crippen molar-refractivity contribution in [3.05, 3.63) is 64.3 Å². The van der Waals surface area contributed by atoms with Crippen molar-refractivity contribution in [2.45, 2.75) is 13.5 Å². The summed E-state index contributed by atoms with van der Waals surface area (Å²) < 4.78 is 3.88. The van der Waals surface area contributed by atoms with Crippen LogP contribution in [0.25, 0.3) is 22.3 Å². The lowest BCUT2D eigenvalue weighted by Gasteiger charge is -2.10. The van der Waals surface area contributed by atoms with Crippen LogP contribution in [0, 0.1) is 6.92 Å². The van der Waals surface area contributed by atoms with E-state index < -0.39 is 0 Å². The van der Waals surface area contributed by atoms with Crippen molar-refractivity contribution >= 4 is 34.2 Å². The number of nitrogens with zero attached hydrogens (tertiary/aromatic N) is 5. The summed E-state index contributed by atoms with van der Waals surface area (Å²) in [6.07, 6.45) is 5.53. The van der Waals surface area contributed by atoms with Crippen LogP contribution >= 0.6 is 23.2 Å². The van der Waals surface area contributed by atoms with E-state index in [0.29, 0.717) is 16.6 Å². The second kappa shape index (κ2) is 6.17. The van der Waals surface area contributed by atoms with E-state index >= 15 is 0 Å². The van der Waals surface area contributed by atoms with Crippen LogP contribution in [0.3, 0.4) is 0 Å². The first-order valence-corrected chi connectivity index (χ1v) is 8.52. The minimum atomic E-state index is 0.595. The number of fused-ring (bicyclic) bond motifs is 1. The zero-order chi connectivity index (χ0) is 17.6. The molecular weight excluding hydrogens is 357 g/mol. The minimum absolute atomic E-state index is 0.595. The average Bonchev–Trinajstić information content (AvgIpc) is 3.14. The van der Waals surface area contributed by atoms with Gasteiger partial charge in [-0.3, -0.25) is 9.67 Å². The van der Waals surface area contributed by atoms with E-state index in [1.165, 1.54) is 0 Å². The van der Waals surface area contributed by atoms with Gasteiger partial charge in [-0.1, -0.05) is 23.2 Å². The summed E-state index contributed by atoms with van der Waals surface area (Å²) in [7, 11) is 1.89. The van der Waals surface area contributed by atoms with Gasteiger partial charge in [-0.15, -0.1) is 0 Å². The first-order valence-electron chi connectivity index (χ1n) is 7.77. The molecule has 0 saturated carbocycles. The van der Waals surface area contributed by atoms with Gasteiger partial charge in [0.1, 0.15) is 11.3 Å². The third-order valence-electron chi connectivity index (χ3n) is 4.16. The van der Waals surface area contributed by atoms with Crippen molar-refractivity contribution in [3.8, 4) is 11.3 Å². The molecule has 0 bridgehead atoms. The van der Waals surface area contributed by atoms with E-state index in [4.69, 9.17) is 23.2 Å². The standard InChI is InChI=1S/C18H15Cl2N5/c1-11-23-17-8-21-16(13-7-22-24(2)9-13)6-18(17)25(11)10-12-5-14(19)3-4-15(12)20/h3-9H,10H2,1-2H3. The second-order valence-corrected chi connectivity index (χ2v) is 6.79. The first kappa shape index (κ1) is 16.1. The summed E-state index contributed by atoms with van der Waals surface area (Å²) in [5.74, 6) is 0.899. The third-order valence-corrected chi connectivity index (χ3v) is 4.77. The second-order valence-electron chi connectivity index (χ2n) is 5.94. The van der Waals surface area contributed by atoms with Crippen LogP contribution in [0.1, 0.15) is 11.4 Å². The maximum atomic E-state index is 6.33. The monoisotopic (exact) mass is 371 g/mol.